The second-order valence-electron chi connectivity index (χ2n) is 6.12. The SMILES string of the molecule is CC1CCC(CN)(C(=O)NOC2CCCC2)CC1. The number of nitrogens with one attached hydrogen (secondary N) is 1. The van der Waals surface area contributed by atoms with Gasteiger partial charge >= 0.3 is 0 Å². The molecular weight excluding hydrogens is 228 g/mol. The Morgan fingerprint density at radius 3 is 2.44 bits per heavy atom. The molecule has 4 heteroatoms. The molecule has 1 amide bonds. The number of hydrogen-bond acceptors (Lipinski definition) is 3. The molecule has 2 aliphatic carbocycles. The molecule has 0 aliphatic heterocycles. The van der Waals surface area contributed by atoms with Crippen molar-refractivity contribution in [3.63, 3.8) is 0 Å². The molecule has 0 bridgehead atoms. The van der Waals surface area contributed by atoms with Crippen LogP contribution in [0.25, 0.3) is 0 Å². The summed E-state index contributed by atoms with van der Waals surface area (Å²) in [6.07, 6.45) is 8.73. The smallest absolute Gasteiger partial charge is 0.251 e. The zero-order valence-electron chi connectivity index (χ0n) is 11.4. The van der Waals surface area contributed by atoms with E-state index in [1.54, 1.807) is 0 Å². The van der Waals surface area contributed by atoms with Gasteiger partial charge in [-0.3, -0.25) is 9.63 Å². The first-order valence-corrected chi connectivity index (χ1v) is 7.32. The number of amides is 1. The summed E-state index contributed by atoms with van der Waals surface area (Å²) in [5.41, 5.74) is 8.15. The Hall–Kier alpha value is -0.610. The fourth-order valence-corrected chi connectivity index (χ4v) is 3.09. The van der Waals surface area contributed by atoms with Gasteiger partial charge in [0.05, 0.1) is 11.5 Å². The minimum absolute atomic E-state index is 0.00352. The molecule has 0 spiro atoms. The molecule has 104 valence electrons. The van der Waals surface area contributed by atoms with Gasteiger partial charge in [-0.1, -0.05) is 19.8 Å². The quantitative estimate of drug-likeness (QED) is 0.755. The lowest BCUT2D eigenvalue weighted by atomic mass is 9.70. The molecule has 3 N–H and O–H groups in total. The van der Waals surface area contributed by atoms with Crippen molar-refractivity contribution in [2.24, 2.45) is 17.1 Å². The van der Waals surface area contributed by atoms with E-state index < -0.39 is 0 Å². The lowest BCUT2D eigenvalue weighted by molar-refractivity contribution is -0.150. The van der Waals surface area contributed by atoms with Crippen molar-refractivity contribution in [2.75, 3.05) is 6.54 Å². The summed E-state index contributed by atoms with van der Waals surface area (Å²) < 4.78 is 0. The third kappa shape index (κ3) is 3.04. The molecule has 4 nitrogen and oxygen atoms in total. The minimum atomic E-state index is -0.384. The molecule has 0 heterocycles. The summed E-state index contributed by atoms with van der Waals surface area (Å²) in [7, 11) is 0. The Bertz CT molecular complexity index is 280. The summed E-state index contributed by atoms with van der Waals surface area (Å²) in [5.74, 6) is 0.719. The van der Waals surface area contributed by atoms with Crippen molar-refractivity contribution >= 4 is 5.91 Å². The van der Waals surface area contributed by atoms with Gasteiger partial charge in [-0.2, -0.15) is 0 Å². The highest BCUT2D eigenvalue weighted by Crippen LogP contribution is 2.38. The van der Waals surface area contributed by atoms with Crippen molar-refractivity contribution in [3.05, 3.63) is 0 Å². The van der Waals surface area contributed by atoms with E-state index in [0.717, 1.165) is 38.5 Å². The largest absolute Gasteiger partial charge is 0.329 e. The molecule has 2 rings (SSSR count). The standard InChI is InChI=1S/C14H26N2O2/c1-11-6-8-14(10-15,9-7-11)13(17)16-18-12-4-2-3-5-12/h11-12H,2-10,15H2,1H3,(H,16,17). The first-order chi connectivity index (χ1) is 8.66. The van der Waals surface area contributed by atoms with E-state index in [1.165, 1.54) is 12.8 Å². The average Bonchev–Trinajstić information content (AvgIpc) is 2.90. The number of nitrogens with two attached hydrogens (primary N) is 1. The topological polar surface area (TPSA) is 64.4 Å². The van der Waals surface area contributed by atoms with E-state index in [1.807, 2.05) is 0 Å². The number of rotatable bonds is 4. The zero-order valence-corrected chi connectivity index (χ0v) is 11.4. The highest BCUT2D eigenvalue weighted by atomic mass is 16.7. The van der Waals surface area contributed by atoms with E-state index >= 15 is 0 Å². The van der Waals surface area contributed by atoms with Crippen molar-refractivity contribution in [1.29, 1.82) is 0 Å². The van der Waals surface area contributed by atoms with Gasteiger partial charge in [-0.25, -0.2) is 5.48 Å². The van der Waals surface area contributed by atoms with Crippen molar-refractivity contribution < 1.29 is 9.63 Å². The second kappa shape index (κ2) is 6.02. The molecule has 2 aliphatic rings. The third-order valence-electron chi connectivity index (χ3n) is 4.72. The molecular formula is C14H26N2O2. The van der Waals surface area contributed by atoms with Crippen LogP contribution < -0.4 is 11.2 Å². The molecule has 0 radical (unpaired) electrons. The van der Waals surface area contributed by atoms with Gasteiger partial charge < -0.3 is 5.73 Å². The number of hydroxylamine groups is 1. The van der Waals surface area contributed by atoms with Crippen LogP contribution in [0, 0.1) is 11.3 Å². The van der Waals surface area contributed by atoms with E-state index in [2.05, 4.69) is 12.4 Å². The maximum absolute atomic E-state index is 12.3. The van der Waals surface area contributed by atoms with Gasteiger partial charge in [-0.15, -0.1) is 0 Å². The van der Waals surface area contributed by atoms with Gasteiger partial charge in [0.2, 0.25) is 0 Å². The van der Waals surface area contributed by atoms with Gasteiger partial charge in [0.1, 0.15) is 0 Å². The fourth-order valence-electron chi connectivity index (χ4n) is 3.09. The van der Waals surface area contributed by atoms with E-state index in [-0.39, 0.29) is 17.4 Å². The molecule has 0 saturated heterocycles. The van der Waals surface area contributed by atoms with Crippen LogP contribution in [-0.4, -0.2) is 18.6 Å². The molecule has 2 saturated carbocycles. The summed E-state index contributed by atoms with van der Waals surface area (Å²) in [6, 6.07) is 0. The first-order valence-electron chi connectivity index (χ1n) is 7.32. The Labute approximate surface area is 110 Å². The second-order valence-corrected chi connectivity index (χ2v) is 6.12. The number of hydrogen-bond donors (Lipinski definition) is 2. The molecule has 0 aromatic rings. The summed E-state index contributed by atoms with van der Waals surface area (Å²) in [5, 5.41) is 0. The van der Waals surface area contributed by atoms with Crippen LogP contribution >= 0.6 is 0 Å². The molecule has 18 heavy (non-hydrogen) atoms. The first kappa shape index (κ1) is 13.8. The van der Waals surface area contributed by atoms with Gasteiger partial charge in [0, 0.05) is 6.54 Å². The third-order valence-corrected chi connectivity index (χ3v) is 4.72. The number of carbonyl (C=O) groups excluding carboxylic acids is 1. The molecule has 0 aromatic carbocycles. The van der Waals surface area contributed by atoms with Gasteiger partial charge in [0.15, 0.2) is 0 Å². The maximum atomic E-state index is 12.3. The van der Waals surface area contributed by atoms with Crippen molar-refractivity contribution in [2.45, 2.75) is 64.4 Å². The summed E-state index contributed by atoms with van der Waals surface area (Å²) in [4.78, 5) is 17.8. The van der Waals surface area contributed by atoms with Crippen LogP contribution in [0.1, 0.15) is 58.3 Å². The normalized spacial score (nSPS) is 33.6. The van der Waals surface area contributed by atoms with Crippen LogP contribution in [-0.2, 0) is 9.63 Å². The minimum Gasteiger partial charge on any atom is -0.329 e. The zero-order chi connectivity index (χ0) is 13.0. The van der Waals surface area contributed by atoms with Crippen LogP contribution in [0.2, 0.25) is 0 Å². The van der Waals surface area contributed by atoms with Crippen LogP contribution in [0.15, 0.2) is 0 Å². The molecule has 0 atom stereocenters. The molecule has 0 aromatic heterocycles. The highest BCUT2D eigenvalue weighted by molar-refractivity contribution is 5.82. The predicted molar refractivity (Wildman–Crippen MR) is 70.6 cm³/mol. The number of carbonyl (C=O) groups is 1. The van der Waals surface area contributed by atoms with Gasteiger partial charge in [0.25, 0.3) is 5.91 Å². The lowest BCUT2D eigenvalue weighted by Crippen LogP contribution is -2.48. The van der Waals surface area contributed by atoms with E-state index in [9.17, 15) is 4.79 Å². The Morgan fingerprint density at radius 2 is 1.89 bits per heavy atom. The van der Waals surface area contributed by atoms with Crippen LogP contribution in [0.5, 0.6) is 0 Å². The molecule has 0 unspecified atom stereocenters. The monoisotopic (exact) mass is 254 g/mol. The van der Waals surface area contributed by atoms with Gasteiger partial charge in [-0.05, 0) is 44.4 Å². The Balaban J connectivity index is 1.84. The molecule has 2 fully saturated rings. The lowest BCUT2D eigenvalue weighted by Gasteiger charge is -2.37. The fraction of sp³-hybridized carbons (Fsp3) is 0.929. The predicted octanol–water partition coefficient (Wildman–Crippen LogP) is 2.13. The van der Waals surface area contributed by atoms with E-state index in [4.69, 9.17) is 10.6 Å². The summed E-state index contributed by atoms with van der Waals surface area (Å²) in [6.45, 7) is 2.67. The summed E-state index contributed by atoms with van der Waals surface area (Å²) >= 11 is 0. The highest BCUT2D eigenvalue weighted by Gasteiger charge is 2.40. The maximum Gasteiger partial charge on any atom is 0.251 e. The van der Waals surface area contributed by atoms with Crippen LogP contribution in [0.3, 0.4) is 0 Å². The van der Waals surface area contributed by atoms with E-state index in [0.29, 0.717) is 12.5 Å². The average molecular weight is 254 g/mol. The van der Waals surface area contributed by atoms with Crippen molar-refractivity contribution in [1.82, 2.24) is 5.48 Å². The Kier molecular flexibility index (Phi) is 4.62. The van der Waals surface area contributed by atoms with Crippen LogP contribution in [0.4, 0.5) is 0 Å². The Morgan fingerprint density at radius 1 is 1.28 bits per heavy atom. The van der Waals surface area contributed by atoms with Crippen molar-refractivity contribution in [3.8, 4) is 0 Å².